The van der Waals surface area contributed by atoms with Crippen LogP contribution in [-0.4, -0.2) is 56.6 Å². The van der Waals surface area contributed by atoms with E-state index in [1.165, 1.54) is 32.4 Å². The van der Waals surface area contributed by atoms with E-state index in [0.29, 0.717) is 5.75 Å². The number of aliphatic carboxylic acids is 1. The second kappa shape index (κ2) is 8.11. The molecule has 1 rings (SSSR count). The molecule has 9 heteroatoms. The van der Waals surface area contributed by atoms with Gasteiger partial charge >= 0.3 is 11.9 Å². The highest BCUT2D eigenvalue weighted by Crippen LogP contribution is 2.26. The number of benzene rings is 1. The highest BCUT2D eigenvalue weighted by molar-refractivity contribution is 7.89. The van der Waals surface area contributed by atoms with Gasteiger partial charge in [-0.15, -0.1) is 0 Å². The lowest BCUT2D eigenvalue weighted by molar-refractivity contribution is -0.140. The van der Waals surface area contributed by atoms with Crippen LogP contribution < -0.4 is 4.74 Å². The lowest BCUT2D eigenvalue weighted by Gasteiger charge is -2.25. The number of carboxylic acid groups (broad SMARTS) is 1. The number of hydrogen-bond donors (Lipinski definition) is 1. The number of methoxy groups -OCH3 is 2. The summed E-state index contributed by atoms with van der Waals surface area (Å²) in [5, 5.41) is 8.98. The number of ether oxygens (including phenoxy) is 2. The van der Waals surface area contributed by atoms with Gasteiger partial charge in [0.15, 0.2) is 0 Å². The van der Waals surface area contributed by atoms with Crippen LogP contribution in [0.1, 0.15) is 19.4 Å². The van der Waals surface area contributed by atoms with Crippen LogP contribution in [0.2, 0.25) is 0 Å². The van der Waals surface area contributed by atoms with Crippen molar-refractivity contribution in [3.63, 3.8) is 0 Å². The molecule has 1 aromatic carbocycles. The fraction of sp³-hybridized carbons (Fsp3) is 0.467. The average molecular weight is 359 g/mol. The average Bonchev–Trinajstić information content (AvgIpc) is 2.51. The third-order valence-corrected chi connectivity index (χ3v) is 5.41. The Bertz CT molecular complexity index is 713. The summed E-state index contributed by atoms with van der Waals surface area (Å²) < 4.78 is 36.2. The summed E-state index contributed by atoms with van der Waals surface area (Å²) in [4.78, 5) is 22.4. The van der Waals surface area contributed by atoms with Crippen LogP contribution in [0.4, 0.5) is 0 Å². The van der Waals surface area contributed by atoms with E-state index in [2.05, 4.69) is 4.74 Å². The van der Waals surface area contributed by atoms with Crippen molar-refractivity contribution in [3.8, 4) is 5.75 Å². The van der Waals surface area contributed by atoms with Crippen molar-refractivity contribution < 1.29 is 32.6 Å². The lowest BCUT2D eigenvalue weighted by atomic mass is 10.1. The Hall–Kier alpha value is -2.13. The largest absolute Gasteiger partial charge is 0.497 e. The molecule has 0 aliphatic heterocycles. The van der Waals surface area contributed by atoms with Gasteiger partial charge in [0, 0.05) is 6.04 Å². The first-order valence-corrected chi connectivity index (χ1v) is 8.54. The molecule has 8 nitrogen and oxygen atoms in total. The van der Waals surface area contributed by atoms with Crippen LogP contribution in [0.5, 0.6) is 5.75 Å². The monoisotopic (exact) mass is 359 g/mol. The van der Waals surface area contributed by atoms with Crippen LogP contribution in [0.3, 0.4) is 0 Å². The quantitative estimate of drug-likeness (QED) is 0.686. The fourth-order valence-corrected chi connectivity index (χ4v) is 3.90. The van der Waals surface area contributed by atoms with Crippen molar-refractivity contribution >= 4 is 22.0 Å². The van der Waals surface area contributed by atoms with Crippen molar-refractivity contribution in [2.45, 2.75) is 31.2 Å². The van der Waals surface area contributed by atoms with Crippen molar-refractivity contribution in [2.24, 2.45) is 0 Å². The fourth-order valence-electron chi connectivity index (χ4n) is 2.10. The summed E-state index contributed by atoms with van der Waals surface area (Å²) in [5.74, 6) is -1.51. The SMILES string of the molecule is COC(=O)Cc1cc(OC)ccc1S(=O)(=O)N(CC(=O)O)C(C)C. The molecule has 0 unspecified atom stereocenters. The molecule has 134 valence electrons. The molecule has 0 amide bonds. The highest BCUT2D eigenvalue weighted by atomic mass is 32.2. The molecule has 0 saturated heterocycles. The third kappa shape index (κ3) is 4.68. The predicted octanol–water partition coefficient (Wildman–Crippen LogP) is 0.894. The van der Waals surface area contributed by atoms with Gasteiger partial charge in [0.1, 0.15) is 12.3 Å². The van der Waals surface area contributed by atoms with E-state index in [1.807, 2.05) is 0 Å². The molecule has 1 aromatic rings. The van der Waals surface area contributed by atoms with Crippen LogP contribution in [-0.2, 0) is 30.8 Å². The van der Waals surface area contributed by atoms with Gasteiger partial charge in [0.2, 0.25) is 10.0 Å². The highest BCUT2D eigenvalue weighted by Gasteiger charge is 2.31. The summed E-state index contributed by atoms with van der Waals surface area (Å²) in [6.07, 6.45) is -0.277. The Labute approximate surface area is 141 Å². The molecule has 0 bridgehead atoms. The zero-order valence-electron chi connectivity index (χ0n) is 14.0. The Morgan fingerprint density at radius 1 is 1.25 bits per heavy atom. The van der Waals surface area contributed by atoms with Crippen LogP contribution in [0, 0.1) is 0 Å². The zero-order valence-corrected chi connectivity index (χ0v) is 14.8. The van der Waals surface area contributed by atoms with Crippen molar-refractivity contribution in [3.05, 3.63) is 23.8 Å². The summed E-state index contributed by atoms with van der Waals surface area (Å²) in [6.45, 7) is 2.47. The lowest BCUT2D eigenvalue weighted by Crippen LogP contribution is -2.41. The molecule has 0 aliphatic carbocycles. The van der Waals surface area contributed by atoms with Gasteiger partial charge in [-0.05, 0) is 37.6 Å². The Kier molecular flexibility index (Phi) is 6.73. The van der Waals surface area contributed by atoms with E-state index in [1.54, 1.807) is 13.8 Å². The van der Waals surface area contributed by atoms with Gasteiger partial charge in [-0.1, -0.05) is 0 Å². The Morgan fingerprint density at radius 2 is 1.88 bits per heavy atom. The number of hydrogen-bond acceptors (Lipinski definition) is 6. The summed E-state index contributed by atoms with van der Waals surface area (Å²) in [7, 11) is -1.51. The van der Waals surface area contributed by atoms with Crippen LogP contribution >= 0.6 is 0 Å². The van der Waals surface area contributed by atoms with E-state index >= 15 is 0 Å². The minimum absolute atomic E-state index is 0.149. The maximum Gasteiger partial charge on any atom is 0.318 e. The maximum absolute atomic E-state index is 12.9. The molecule has 0 atom stereocenters. The summed E-state index contributed by atoms with van der Waals surface area (Å²) >= 11 is 0. The molecular weight excluding hydrogens is 338 g/mol. The molecule has 0 aromatic heterocycles. The van der Waals surface area contributed by atoms with Crippen LogP contribution in [0.15, 0.2) is 23.1 Å². The third-order valence-electron chi connectivity index (χ3n) is 3.28. The number of sulfonamides is 1. The first-order valence-electron chi connectivity index (χ1n) is 7.10. The van der Waals surface area contributed by atoms with E-state index in [9.17, 15) is 18.0 Å². The molecule has 0 spiro atoms. The Balaban J connectivity index is 3.45. The molecule has 24 heavy (non-hydrogen) atoms. The van der Waals surface area contributed by atoms with Gasteiger partial charge < -0.3 is 14.6 Å². The van der Waals surface area contributed by atoms with Gasteiger partial charge in [-0.2, -0.15) is 4.31 Å². The number of carboxylic acids is 1. The van der Waals surface area contributed by atoms with Gasteiger partial charge in [-0.25, -0.2) is 8.42 Å². The molecule has 0 radical (unpaired) electrons. The standard InChI is InChI=1S/C15H21NO7S/c1-10(2)16(9-14(17)18)24(20,21)13-6-5-12(22-3)7-11(13)8-15(19)23-4/h5-7,10H,8-9H2,1-4H3,(H,17,18). The normalized spacial score (nSPS) is 11.6. The number of carbonyl (C=O) groups is 2. The van der Waals surface area contributed by atoms with E-state index in [0.717, 1.165) is 4.31 Å². The van der Waals surface area contributed by atoms with Crippen molar-refractivity contribution in [1.82, 2.24) is 4.31 Å². The number of carbonyl (C=O) groups excluding carboxylic acids is 1. The van der Waals surface area contributed by atoms with E-state index in [-0.39, 0.29) is 16.9 Å². The topological polar surface area (TPSA) is 110 Å². The Morgan fingerprint density at radius 3 is 2.33 bits per heavy atom. The molecule has 0 fully saturated rings. The maximum atomic E-state index is 12.9. The number of nitrogens with zero attached hydrogens (tertiary/aromatic N) is 1. The first kappa shape index (κ1) is 19.9. The second-order valence-corrected chi connectivity index (χ2v) is 7.12. The van der Waals surface area contributed by atoms with Crippen molar-refractivity contribution in [1.29, 1.82) is 0 Å². The number of esters is 1. The predicted molar refractivity (Wildman–Crippen MR) is 85.4 cm³/mol. The van der Waals surface area contributed by atoms with Gasteiger partial charge in [0.25, 0.3) is 0 Å². The second-order valence-electron chi connectivity index (χ2n) is 5.26. The minimum atomic E-state index is -4.12. The van der Waals surface area contributed by atoms with E-state index < -0.39 is 34.5 Å². The van der Waals surface area contributed by atoms with E-state index in [4.69, 9.17) is 9.84 Å². The minimum Gasteiger partial charge on any atom is -0.497 e. The molecule has 0 aliphatic rings. The summed E-state index contributed by atoms with van der Waals surface area (Å²) in [6, 6.07) is 3.58. The smallest absolute Gasteiger partial charge is 0.318 e. The van der Waals surface area contributed by atoms with Gasteiger partial charge in [-0.3, -0.25) is 9.59 Å². The van der Waals surface area contributed by atoms with Gasteiger partial charge in [0.05, 0.1) is 25.5 Å². The number of rotatable bonds is 8. The van der Waals surface area contributed by atoms with Crippen LogP contribution in [0.25, 0.3) is 0 Å². The zero-order chi connectivity index (χ0) is 18.5. The van der Waals surface area contributed by atoms with Crippen molar-refractivity contribution in [2.75, 3.05) is 20.8 Å². The molecule has 0 heterocycles. The first-order chi connectivity index (χ1) is 11.1. The molecular formula is C15H21NO7S. The molecule has 0 saturated carbocycles. The summed E-state index contributed by atoms with van der Waals surface area (Å²) in [5.41, 5.74) is 0.178. The molecule has 1 N–H and O–H groups in total.